The van der Waals surface area contributed by atoms with Crippen molar-refractivity contribution in [3.8, 4) is 0 Å². The minimum Gasteiger partial charge on any atom is -0.444 e. The molecule has 0 radical (unpaired) electrons. The van der Waals surface area contributed by atoms with Crippen molar-refractivity contribution in [1.82, 2.24) is 9.88 Å². The van der Waals surface area contributed by atoms with Crippen LogP contribution in [0.5, 0.6) is 0 Å². The van der Waals surface area contributed by atoms with Crippen LogP contribution in [0.4, 0.5) is 0 Å². The van der Waals surface area contributed by atoms with Gasteiger partial charge in [-0.15, -0.1) is 0 Å². The lowest BCUT2D eigenvalue weighted by atomic mass is 9.77. The molecule has 182 valence electrons. The van der Waals surface area contributed by atoms with E-state index in [4.69, 9.17) is 14.1 Å². The number of aromatic nitrogens is 1. The number of nitrogens with zero attached hydrogens (tertiary/aromatic N) is 2. The van der Waals surface area contributed by atoms with Gasteiger partial charge in [0.1, 0.15) is 5.76 Å². The Morgan fingerprint density at radius 2 is 1.97 bits per heavy atom. The van der Waals surface area contributed by atoms with Crippen molar-refractivity contribution in [3.05, 3.63) is 76.1 Å². The monoisotopic (exact) mass is 478 g/mol. The van der Waals surface area contributed by atoms with Gasteiger partial charge in [-0.25, -0.2) is 4.98 Å². The molecule has 34 heavy (non-hydrogen) atoms. The number of likely N-dealkylation sites (tertiary alicyclic amines) is 1. The maximum atomic E-state index is 6.47. The van der Waals surface area contributed by atoms with Gasteiger partial charge in [-0.05, 0) is 65.6 Å². The second-order valence-corrected chi connectivity index (χ2v) is 10.9. The van der Waals surface area contributed by atoms with Crippen LogP contribution in [-0.4, -0.2) is 29.1 Å². The number of thiophene rings is 1. The van der Waals surface area contributed by atoms with E-state index in [2.05, 4.69) is 59.0 Å². The number of ether oxygens (including phenoxy) is 1. The van der Waals surface area contributed by atoms with E-state index in [0.717, 1.165) is 31.3 Å². The van der Waals surface area contributed by atoms with Crippen molar-refractivity contribution in [1.29, 1.82) is 0 Å². The first-order valence-electron chi connectivity index (χ1n) is 13.1. The van der Waals surface area contributed by atoms with Gasteiger partial charge in [0.15, 0.2) is 0 Å². The molecule has 0 spiro atoms. The van der Waals surface area contributed by atoms with Crippen LogP contribution in [0.3, 0.4) is 0 Å². The molecule has 3 unspecified atom stereocenters. The Hall–Kier alpha value is -1.95. The highest BCUT2D eigenvalue weighted by atomic mass is 32.1. The van der Waals surface area contributed by atoms with Crippen molar-refractivity contribution >= 4 is 11.3 Å². The lowest BCUT2D eigenvalue weighted by Gasteiger charge is -2.37. The second-order valence-electron chi connectivity index (χ2n) is 10.1. The standard InChI is InChI=1S/C29H38N2O2S/c1-2-23-13-15-31(19-27(23)32-20-22-14-16-34-21-22)18-26-17-30-29(33-26)28(24-9-5-3-6-10-24)25-11-7-4-8-12-25/h3,5-6,9-10,14,16-17,21,23,25,27-28H,2,4,7-8,11-13,15,18-20H2,1H3. The first kappa shape index (κ1) is 23.8. The summed E-state index contributed by atoms with van der Waals surface area (Å²) >= 11 is 1.74. The summed E-state index contributed by atoms with van der Waals surface area (Å²) in [6, 6.07) is 13.0. The van der Waals surface area contributed by atoms with Crippen molar-refractivity contribution in [3.63, 3.8) is 0 Å². The van der Waals surface area contributed by atoms with Gasteiger partial charge in [0.05, 0.1) is 31.4 Å². The highest BCUT2D eigenvalue weighted by Crippen LogP contribution is 2.40. The maximum absolute atomic E-state index is 6.47. The third kappa shape index (κ3) is 5.81. The van der Waals surface area contributed by atoms with Crippen molar-refractivity contribution < 1.29 is 9.15 Å². The Morgan fingerprint density at radius 3 is 2.74 bits per heavy atom. The molecule has 1 aliphatic carbocycles. The summed E-state index contributed by atoms with van der Waals surface area (Å²) in [6.45, 7) is 5.87. The molecule has 3 heterocycles. The molecule has 4 nitrogen and oxygen atoms in total. The first-order chi connectivity index (χ1) is 16.8. The first-order valence-corrected chi connectivity index (χ1v) is 14.1. The third-order valence-electron chi connectivity index (χ3n) is 7.85. The van der Waals surface area contributed by atoms with E-state index >= 15 is 0 Å². The number of rotatable bonds is 9. The largest absolute Gasteiger partial charge is 0.444 e. The van der Waals surface area contributed by atoms with Crippen LogP contribution in [0, 0.1) is 11.8 Å². The van der Waals surface area contributed by atoms with Crippen molar-refractivity contribution in [2.75, 3.05) is 13.1 Å². The van der Waals surface area contributed by atoms with Gasteiger partial charge in [0, 0.05) is 6.54 Å². The van der Waals surface area contributed by atoms with Crippen LogP contribution >= 0.6 is 11.3 Å². The van der Waals surface area contributed by atoms with Crippen LogP contribution in [0.25, 0.3) is 0 Å². The molecule has 3 atom stereocenters. The fourth-order valence-electron chi connectivity index (χ4n) is 5.91. The third-order valence-corrected chi connectivity index (χ3v) is 8.58. The predicted molar refractivity (Wildman–Crippen MR) is 138 cm³/mol. The molecule has 3 aromatic rings. The Morgan fingerprint density at radius 1 is 1.12 bits per heavy atom. The lowest BCUT2D eigenvalue weighted by Crippen LogP contribution is -2.44. The minimum absolute atomic E-state index is 0.266. The van der Waals surface area contributed by atoms with Crippen LogP contribution in [0.1, 0.15) is 80.6 Å². The van der Waals surface area contributed by atoms with Crippen LogP contribution in [0.15, 0.2) is 57.8 Å². The van der Waals surface area contributed by atoms with E-state index in [1.165, 1.54) is 56.1 Å². The zero-order chi connectivity index (χ0) is 23.2. The Balaban J connectivity index is 1.26. The number of benzene rings is 1. The van der Waals surface area contributed by atoms with E-state index in [-0.39, 0.29) is 12.0 Å². The lowest BCUT2D eigenvalue weighted by molar-refractivity contribution is -0.0504. The molecular weight excluding hydrogens is 440 g/mol. The predicted octanol–water partition coefficient (Wildman–Crippen LogP) is 7.27. The topological polar surface area (TPSA) is 38.5 Å². The van der Waals surface area contributed by atoms with Crippen LogP contribution in [0.2, 0.25) is 0 Å². The van der Waals surface area contributed by atoms with Crippen molar-refractivity contribution in [2.24, 2.45) is 11.8 Å². The molecule has 5 heteroatoms. The van der Waals surface area contributed by atoms with Crippen molar-refractivity contribution in [2.45, 2.75) is 77.0 Å². The fourth-order valence-corrected chi connectivity index (χ4v) is 6.56. The average Bonchev–Trinajstić information content (AvgIpc) is 3.57. The summed E-state index contributed by atoms with van der Waals surface area (Å²) in [7, 11) is 0. The Kier molecular flexibility index (Phi) is 8.15. The number of piperidine rings is 1. The molecule has 1 aliphatic heterocycles. The van der Waals surface area contributed by atoms with Gasteiger partial charge in [-0.3, -0.25) is 4.90 Å². The van der Waals surface area contributed by atoms with E-state index in [1.807, 2.05) is 6.20 Å². The summed E-state index contributed by atoms with van der Waals surface area (Å²) in [6.07, 6.45) is 11.1. The summed E-state index contributed by atoms with van der Waals surface area (Å²) < 4.78 is 12.9. The second kappa shape index (κ2) is 11.7. The summed E-state index contributed by atoms with van der Waals surface area (Å²) in [4.78, 5) is 7.32. The van der Waals surface area contributed by atoms with Gasteiger partial charge < -0.3 is 9.15 Å². The maximum Gasteiger partial charge on any atom is 0.202 e. The Bertz CT molecular complexity index is 981. The molecule has 2 aromatic heterocycles. The van der Waals surface area contributed by atoms with Crippen LogP contribution < -0.4 is 0 Å². The normalized spacial score (nSPS) is 23.2. The van der Waals surface area contributed by atoms with Crippen LogP contribution in [-0.2, 0) is 17.9 Å². The summed E-state index contributed by atoms with van der Waals surface area (Å²) in [5, 5.41) is 4.31. The highest BCUT2D eigenvalue weighted by molar-refractivity contribution is 7.07. The number of oxazole rings is 1. The molecule has 1 saturated carbocycles. The highest BCUT2D eigenvalue weighted by Gasteiger charge is 2.32. The fraction of sp³-hybridized carbons (Fsp3) is 0.552. The Labute approximate surface area is 208 Å². The van der Waals surface area contributed by atoms with Gasteiger partial charge in [-0.1, -0.05) is 62.9 Å². The van der Waals surface area contributed by atoms with Gasteiger partial charge in [0.25, 0.3) is 0 Å². The van der Waals surface area contributed by atoms with E-state index < -0.39 is 0 Å². The SMILES string of the molecule is CCC1CCN(Cc2cnc(C(c3ccccc3)C3CCCCC3)o2)CC1OCc1ccsc1. The minimum atomic E-state index is 0.266. The van der Waals surface area contributed by atoms with E-state index in [9.17, 15) is 0 Å². The summed E-state index contributed by atoms with van der Waals surface area (Å²) in [5.41, 5.74) is 2.62. The summed E-state index contributed by atoms with van der Waals surface area (Å²) in [5.74, 6) is 3.41. The zero-order valence-electron chi connectivity index (χ0n) is 20.4. The molecule has 5 rings (SSSR count). The molecular formula is C29H38N2O2S. The number of hydrogen-bond donors (Lipinski definition) is 0. The van der Waals surface area contributed by atoms with Gasteiger partial charge in [-0.2, -0.15) is 11.3 Å². The average molecular weight is 479 g/mol. The molecule has 0 amide bonds. The molecule has 1 saturated heterocycles. The van der Waals surface area contributed by atoms with E-state index in [0.29, 0.717) is 18.4 Å². The quantitative estimate of drug-likeness (QED) is 0.324. The molecule has 0 N–H and O–H groups in total. The molecule has 0 bridgehead atoms. The molecule has 1 aromatic carbocycles. The van der Waals surface area contributed by atoms with E-state index in [1.54, 1.807) is 11.3 Å². The van der Waals surface area contributed by atoms with Gasteiger partial charge >= 0.3 is 0 Å². The molecule has 2 fully saturated rings. The van der Waals surface area contributed by atoms with Gasteiger partial charge in [0.2, 0.25) is 5.89 Å². The molecule has 2 aliphatic rings. The zero-order valence-corrected chi connectivity index (χ0v) is 21.2. The smallest absolute Gasteiger partial charge is 0.202 e. The number of hydrogen-bond acceptors (Lipinski definition) is 5.